The monoisotopic (exact) mass is 280 g/mol. The zero-order chi connectivity index (χ0) is 10.7. The quantitative estimate of drug-likeness (QED) is 0.507. The van der Waals surface area contributed by atoms with Crippen molar-refractivity contribution in [1.82, 2.24) is 0 Å². The van der Waals surface area contributed by atoms with Crippen LogP contribution in [-0.4, -0.2) is 13.8 Å². The second kappa shape index (κ2) is 5.60. The van der Waals surface area contributed by atoms with Crippen molar-refractivity contribution in [3.05, 3.63) is 0 Å². The van der Waals surface area contributed by atoms with E-state index in [1.165, 1.54) is 0 Å². The van der Waals surface area contributed by atoms with Crippen molar-refractivity contribution >= 4 is 56.4 Å². The summed E-state index contributed by atoms with van der Waals surface area (Å²) in [6.45, 7) is 8.48. The molecule has 0 aromatic heterocycles. The normalized spacial score (nSPS) is 15.9. The Labute approximate surface area is 104 Å². The molecule has 0 aromatic carbocycles. The highest BCUT2D eigenvalue weighted by molar-refractivity contribution is 8.77. The largest absolute Gasteiger partial charge is 0.203 e. The van der Waals surface area contributed by atoms with Gasteiger partial charge in [0.15, 0.2) is 0 Å². The summed E-state index contributed by atoms with van der Waals surface area (Å²) in [5, 5.41) is 0.0572. The van der Waals surface area contributed by atoms with Crippen LogP contribution in [0, 0.1) is 0 Å². The number of halogens is 3. The summed E-state index contributed by atoms with van der Waals surface area (Å²) < 4.78 is -0.953. The predicted molar refractivity (Wildman–Crippen MR) is 69.3 cm³/mol. The number of hydrogen-bond acceptors (Lipinski definition) is 2. The number of rotatable bonds is 3. The fraction of sp³-hybridized carbons (Fsp3) is 1.00. The second-order valence-corrected chi connectivity index (χ2v) is 9.33. The van der Waals surface area contributed by atoms with Crippen molar-refractivity contribution in [2.75, 3.05) is 0 Å². The molecule has 5 heteroatoms. The molecule has 0 heterocycles. The molecule has 0 amide bonds. The van der Waals surface area contributed by atoms with E-state index in [0.29, 0.717) is 0 Å². The minimum atomic E-state index is -1.16. The van der Waals surface area contributed by atoms with Crippen LogP contribution in [0.5, 0.6) is 0 Å². The molecule has 0 N–H and O–H groups in total. The van der Waals surface area contributed by atoms with Crippen LogP contribution in [0.4, 0.5) is 0 Å². The van der Waals surface area contributed by atoms with Gasteiger partial charge in [-0.05, 0) is 6.42 Å². The molecule has 0 fully saturated rings. The second-order valence-electron chi connectivity index (χ2n) is 3.73. The van der Waals surface area contributed by atoms with E-state index in [0.717, 1.165) is 6.42 Å². The summed E-state index contributed by atoms with van der Waals surface area (Å²) in [6.07, 6.45) is 0.865. The number of alkyl halides is 3. The molecule has 1 unspecified atom stereocenters. The van der Waals surface area contributed by atoms with Gasteiger partial charge in [0.05, 0.1) is 5.25 Å². The lowest BCUT2D eigenvalue weighted by atomic mass is 10.3. The third kappa shape index (κ3) is 7.49. The van der Waals surface area contributed by atoms with Crippen molar-refractivity contribution in [2.24, 2.45) is 0 Å². The van der Waals surface area contributed by atoms with E-state index in [9.17, 15) is 0 Å². The van der Waals surface area contributed by atoms with E-state index in [4.69, 9.17) is 34.8 Å². The van der Waals surface area contributed by atoms with E-state index in [1.807, 2.05) is 6.92 Å². The van der Waals surface area contributed by atoms with Gasteiger partial charge in [-0.1, -0.05) is 84.1 Å². The Hall–Kier alpha value is 1.57. The molecule has 0 nitrogen and oxygen atoms in total. The fourth-order valence-corrected chi connectivity index (χ4v) is 4.60. The zero-order valence-corrected chi connectivity index (χ0v) is 12.1. The summed E-state index contributed by atoms with van der Waals surface area (Å²) in [7, 11) is 3.41. The molecule has 13 heavy (non-hydrogen) atoms. The van der Waals surface area contributed by atoms with Crippen LogP contribution in [0.2, 0.25) is 0 Å². The van der Waals surface area contributed by atoms with E-state index >= 15 is 0 Å². The van der Waals surface area contributed by atoms with Crippen molar-refractivity contribution in [2.45, 2.75) is 47.9 Å². The van der Waals surface area contributed by atoms with Crippen LogP contribution < -0.4 is 0 Å². The molecule has 0 saturated carbocycles. The maximum atomic E-state index is 5.82. The average Bonchev–Trinajstić information content (AvgIpc) is 1.82. The van der Waals surface area contributed by atoms with Crippen LogP contribution in [-0.2, 0) is 0 Å². The number of hydrogen-bond donors (Lipinski definition) is 0. The van der Waals surface area contributed by atoms with Gasteiger partial charge < -0.3 is 0 Å². The first-order chi connectivity index (χ1) is 5.67. The Bertz CT molecular complexity index is 148. The topological polar surface area (TPSA) is 0 Å². The molecule has 0 spiro atoms. The van der Waals surface area contributed by atoms with Crippen LogP contribution in [0.3, 0.4) is 0 Å². The van der Waals surface area contributed by atoms with Crippen molar-refractivity contribution in [1.29, 1.82) is 0 Å². The van der Waals surface area contributed by atoms with Gasteiger partial charge >= 0.3 is 0 Å². The van der Waals surface area contributed by atoms with Crippen molar-refractivity contribution < 1.29 is 0 Å². The molecule has 0 rings (SSSR count). The Balaban J connectivity index is 4.02. The van der Waals surface area contributed by atoms with Gasteiger partial charge in [0.2, 0.25) is 3.79 Å². The van der Waals surface area contributed by atoms with E-state index in [2.05, 4.69) is 20.8 Å². The van der Waals surface area contributed by atoms with Gasteiger partial charge in [-0.2, -0.15) is 0 Å². The third-order valence-electron chi connectivity index (χ3n) is 1.15. The third-order valence-corrected chi connectivity index (χ3v) is 6.33. The predicted octanol–water partition coefficient (Wildman–Crippen LogP) is 5.32. The van der Waals surface area contributed by atoms with Gasteiger partial charge in [0.25, 0.3) is 0 Å². The first-order valence-electron chi connectivity index (χ1n) is 4.08. The Morgan fingerprint density at radius 2 is 1.62 bits per heavy atom. The SMILES string of the molecule is CCC(SSC(C)(C)C)C(Cl)(Cl)Cl. The summed E-state index contributed by atoms with van der Waals surface area (Å²) in [5.74, 6) is 0. The van der Waals surface area contributed by atoms with E-state index in [1.54, 1.807) is 21.6 Å². The highest BCUT2D eigenvalue weighted by Gasteiger charge is 2.32. The molecular weight excluding hydrogens is 267 g/mol. The van der Waals surface area contributed by atoms with Crippen LogP contribution in [0.25, 0.3) is 0 Å². The van der Waals surface area contributed by atoms with Gasteiger partial charge in [0, 0.05) is 4.75 Å². The Kier molecular flexibility index (Phi) is 6.27. The molecule has 0 bridgehead atoms. The lowest BCUT2D eigenvalue weighted by Crippen LogP contribution is -2.21. The maximum Gasteiger partial charge on any atom is 0.203 e. The highest BCUT2D eigenvalue weighted by Crippen LogP contribution is 2.47. The molecule has 80 valence electrons. The summed E-state index contributed by atoms with van der Waals surface area (Å²) in [4.78, 5) is 0. The lowest BCUT2D eigenvalue weighted by Gasteiger charge is -2.25. The Morgan fingerprint density at radius 3 is 1.85 bits per heavy atom. The first kappa shape index (κ1) is 14.6. The van der Waals surface area contributed by atoms with Gasteiger partial charge in [0.1, 0.15) is 0 Å². The fourth-order valence-electron chi connectivity index (χ4n) is 0.556. The summed E-state index contributed by atoms with van der Waals surface area (Å²) in [5.41, 5.74) is 0. The van der Waals surface area contributed by atoms with Crippen LogP contribution in [0.1, 0.15) is 34.1 Å². The van der Waals surface area contributed by atoms with Gasteiger partial charge in [-0.15, -0.1) is 0 Å². The molecule has 0 aromatic rings. The smallest absolute Gasteiger partial charge is 0.0877 e. The van der Waals surface area contributed by atoms with Gasteiger partial charge in [-0.3, -0.25) is 0 Å². The zero-order valence-electron chi connectivity index (χ0n) is 8.23. The lowest BCUT2D eigenvalue weighted by molar-refractivity contribution is 0.808. The molecule has 0 aliphatic heterocycles. The molecule has 1 atom stereocenters. The molecule has 0 aliphatic carbocycles. The Morgan fingerprint density at radius 1 is 1.15 bits per heavy atom. The van der Waals surface area contributed by atoms with Gasteiger partial charge in [-0.25, -0.2) is 0 Å². The standard InChI is InChI=1S/C8H15Cl3S2/c1-5-6(8(9,10)11)12-13-7(2,3)4/h6H,5H2,1-4H3. The minimum absolute atomic E-state index is 0.0572. The average molecular weight is 282 g/mol. The van der Waals surface area contributed by atoms with E-state index in [-0.39, 0.29) is 10.00 Å². The van der Waals surface area contributed by atoms with Crippen LogP contribution in [0.15, 0.2) is 0 Å². The molecule has 0 aliphatic rings. The highest BCUT2D eigenvalue weighted by atomic mass is 35.6. The summed E-state index contributed by atoms with van der Waals surface area (Å²) >= 11 is 17.5. The van der Waals surface area contributed by atoms with Crippen molar-refractivity contribution in [3.63, 3.8) is 0 Å². The van der Waals surface area contributed by atoms with Crippen molar-refractivity contribution in [3.8, 4) is 0 Å². The van der Waals surface area contributed by atoms with E-state index < -0.39 is 3.79 Å². The summed E-state index contributed by atoms with van der Waals surface area (Å²) in [6, 6.07) is 0. The van der Waals surface area contributed by atoms with Crippen LogP contribution >= 0.6 is 56.4 Å². The maximum absolute atomic E-state index is 5.82. The molecule has 0 saturated heterocycles. The first-order valence-corrected chi connectivity index (χ1v) is 7.42. The minimum Gasteiger partial charge on any atom is -0.0877 e. The molecular formula is C8H15Cl3S2. The molecule has 0 radical (unpaired) electrons.